The molecule has 4 rings (SSSR count). The third-order valence-electron chi connectivity index (χ3n) is 6.61. The summed E-state index contributed by atoms with van der Waals surface area (Å²) in [7, 11) is 0. The van der Waals surface area contributed by atoms with Gasteiger partial charge in [0.05, 0.1) is 0 Å². The Morgan fingerprint density at radius 1 is 1.05 bits per heavy atom. The molecule has 2 fully saturated rings. The second-order valence-corrected chi connectivity index (χ2v) is 7.66. The lowest BCUT2D eigenvalue weighted by atomic mass is 9.63. The second-order valence-electron chi connectivity index (χ2n) is 7.66. The molecule has 7 atom stereocenters. The number of fused-ring (bicyclic) bond motifs is 3. The molecule has 0 aromatic heterocycles. The van der Waals surface area contributed by atoms with Crippen LogP contribution in [0.25, 0.3) is 0 Å². The highest BCUT2D eigenvalue weighted by atomic mass is 16.6. The zero-order valence-electron chi connectivity index (χ0n) is 13.1. The van der Waals surface area contributed by atoms with Crippen molar-refractivity contribution in [2.24, 2.45) is 23.7 Å². The molecule has 0 spiro atoms. The van der Waals surface area contributed by atoms with Crippen molar-refractivity contribution >= 4 is 0 Å². The van der Waals surface area contributed by atoms with Gasteiger partial charge in [-0.05, 0) is 55.8 Å². The maximum atomic E-state index is 11.2. The summed E-state index contributed by atoms with van der Waals surface area (Å²) in [6.07, 6.45) is 16.8. The van der Waals surface area contributed by atoms with E-state index in [9.17, 15) is 10.1 Å². The minimum absolute atomic E-state index is 0.0398. The van der Waals surface area contributed by atoms with Gasteiger partial charge in [0.2, 0.25) is 6.04 Å². The Balaban J connectivity index is 1.54. The van der Waals surface area contributed by atoms with E-state index in [1.54, 1.807) is 0 Å². The van der Waals surface area contributed by atoms with Crippen LogP contribution in [0.2, 0.25) is 0 Å². The van der Waals surface area contributed by atoms with Gasteiger partial charge >= 0.3 is 0 Å². The average molecular weight is 302 g/mol. The molecule has 0 amide bonds. The summed E-state index contributed by atoms with van der Waals surface area (Å²) in [5.74, 6) is 2.48. The van der Waals surface area contributed by atoms with E-state index in [1.165, 1.54) is 19.3 Å². The van der Waals surface area contributed by atoms with E-state index in [0.29, 0.717) is 29.8 Å². The predicted octanol–water partition coefficient (Wildman–Crippen LogP) is 3.32. The molecule has 1 aliphatic heterocycles. The highest BCUT2D eigenvalue weighted by Gasteiger charge is 2.50. The van der Waals surface area contributed by atoms with Crippen molar-refractivity contribution in [3.8, 4) is 0 Å². The van der Waals surface area contributed by atoms with E-state index < -0.39 is 0 Å². The molecule has 1 saturated heterocycles. The van der Waals surface area contributed by atoms with Gasteiger partial charge in [-0.25, -0.2) is 0 Å². The highest BCUT2D eigenvalue weighted by molar-refractivity contribution is 5.14. The van der Waals surface area contributed by atoms with E-state index >= 15 is 0 Å². The Morgan fingerprint density at radius 3 is 2.73 bits per heavy atom. The van der Waals surface area contributed by atoms with Gasteiger partial charge in [0, 0.05) is 29.8 Å². The van der Waals surface area contributed by atoms with Crippen LogP contribution in [-0.4, -0.2) is 23.0 Å². The zero-order chi connectivity index (χ0) is 15.1. The van der Waals surface area contributed by atoms with Crippen LogP contribution in [0.4, 0.5) is 0 Å². The third kappa shape index (κ3) is 2.41. The predicted molar refractivity (Wildman–Crippen MR) is 86.1 cm³/mol. The van der Waals surface area contributed by atoms with Crippen molar-refractivity contribution in [1.82, 2.24) is 5.32 Å². The van der Waals surface area contributed by atoms with Crippen molar-refractivity contribution in [3.63, 3.8) is 0 Å². The molecule has 1 saturated carbocycles. The van der Waals surface area contributed by atoms with Gasteiger partial charge in [-0.2, -0.15) is 0 Å². The van der Waals surface area contributed by atoms with Crippen LogP contribution in [0.3, 0.4) is 0 Å². The maximum absolute atomic E-state index is 11.2. The molecule has 4 nitrogen and oxygen atoms in total. The van der Waals surface area contributed by atoms with Crippen LogP contribution >= 0.6 is 0 Å². The van der Waals surface area contributed by atoms with Gasteiger partial charge in [0.25, 0.3) is 0 Å². The summed E-state index contributed by atoms with van der Waals surface area (Å²) in [4.78, 5) is 11.2. The van der Waals surface area contributed by atoms with Crippen molar-refractivity contribution in [3.05, 3.63) is 34.4 Å². The van der Waals surface area contributed by atoms with Crippen molar-refractivity contribution in [2.45, 2.75) is 63.1 Å². The molecule has 1 heterocycles. The first-order valence-corrected chi connectivity index (χ1v) is 8.95. The molecule has 0 radical (unpaired) electrons. The Hall–Kier alpha value is -1.16. The molecule has 1 N–H and O–H groups in total. The molecule has 0 aromatic rings. The first-order valence-electron chi connectivity index (χ1n) is 8.95. The monoisotopic (exact) mass is 302 g/mol. The van der Waals surface area contributed by atoms with Gasteiger partial charge in [-0.15, -0.1) is 0 Å². The standard InChI is InChI=1S/C18H26N2O2/c21-20(22)13-9-10-17-16(11-13)14-7-4-8-15(14)18(19-17)12-5-2-1-3-6-12/h1-2,4,7,12-19H,3,5-6,8-11H2. The first-order chi connectivity index (χ1) is 10.7. The fraction of sp³-hybridized carbons (Fsp3) is 0.778. The van der Waals surface area contributed by atoms with Crippen LogP contribution < -0.4 is 5.32 Å². The van der Waals surface area contributed by atoms with Gasteiger partial charge in [-0.1, -0.05) is 24.3 Å². The zero-order valence-corrected chi connectivity index (χ0v) is 13.1. The SMILES string of the molecule is O=[N+]([O-])C1CCC2NC(C3CC=CCC3)C3CC=CC3C2C1. The van der Waals surface area contributed by atoms with Gasteiger partial charge < -0.3 is 5.32 Å². The lowest BCUT2D eigenvalue weighted by Crippen LogP contribution is -2.60. The van der Waals surface area contributed by atoms with Gasteiger partial charge in [-0.3, -0.25) is 10.1 Å². The normalized spacial score (nSPS) is 47.0. The van der Waals surface area contributed by atoms with Gasteiger partial charge in [0.1, 0.15) is 0 Å². The molecule has 3 aliphatic carbocycles. The molecular weight excluding hydrogens is 276 g/mol. The fourth-order valence-electron chi connectivity index (χ4n) is 5.54. The lowest BCUT2D eigenvalue weighted by molar-refractivity contribution is -0.529. The summed E-state index contributed by atoms with van der Waals surface area (Å²) in [5.41, 5.74) is 0. The van der Waals surface area contributed by atoms with Crippen LogP contribution in [0.5, 0.6) is 0 Å². The van der Waals surface area contributed by atoms with E-state index in [2.05, 4.69) is 29.6 Å². The molecular formula is C18H26N2O2. The molecule has 120 valence electrons. The minimum atomic E-state index is -0.313. The summed E-state index contributed by atoms with van der Waals surface area (Å²) in [5, 5.41) is 15.2. The number of nitrogens with zero attached hydrogens (tertiary/aromatic N) is 1. The number of nitrogens with one attached hydrogen (secondary N) is 1. The molecule has 22 heavy (non-hydrogen) atoms. The second kappa shape index (κ2) is 5.80. The van der Waals surface area contributed by atoms with E-state index in [-0.39, 0.29) is 11.0 Å². The van der Waals surface area contributed by atoms with E-state index in [0.717, 1.165) is 31.6 Å². The summed E-state index contributed by atoms with van der Waals surface area (Å²) in [6, 6.07) is 0.793. The van der Waals surface area contributed by atoms with Crippen LogP contribution in [-0.2, 0) is 0 Å². The molecule has 4 heteroatoms. The molecule has 7 unspecified atom stereocenters. The third-order valence-corrected chi connectivity index (χ3v) is 6.61. The largest absolute Gasteiger partial charge is 0.310 e. The van der Waals surface area contributed by atoms with Crippen molar-refractivity contribution < 1.29 is 4.92 Å². The topological polar surface area (TPSA) is 55.2 Å². The molecule has 4 aliphatic rings. The molecule has 0 aromatic carbocycles. The number of hydrogen-bond donors (Lipinski definition) is 1. The van der Waals surface area contributed by atoms with E-state index in [1.807, 2.05) is 0 Å². The quantitative estimate of drug-likeness (QED) is 0.483. The Bertz CT molecular complexity index is 501. The number of rotatable bonds is 2. The Kier molecular flexibility index (Phi) is 3.81. The van der Waals surface area contributed by atoms with Crippen molar-refractivity contribution in [2.75, 3.05) is 0 Å². The smallest absolute Gasteiger partial charge is 0.213 e. The Labute approximate surface area is 132 Å². The molecule has 0 bridgehead atoms. The van der Waals surface area contributed by atoms with Crippen LogP contribution in [0.15, 0.2) is 24.3 Å². The van der Waals surface area contributed by atoms with Gasteiger partial charge in [0.15, 0.2) is 0 Å². The highest BCUT2D eigenvalue weighted by Crippen LogP contribution is 2.47. The minimum Gasteiger partial charge on any atom is -0.310 e. The fourth-order valence-corrected chi connectivity index (χ4v) is 5.54. The van der Waals surface area contributed by atoms with Crippen LogP contribution in [0, 0.1) is 33.8 Å². The summed E-state index contributed by atoms with van der Waals surface area (Å²) in [6.45, 7) is 0. The van der Waals surface area contributed by atoms with Crippen LogP contribution in [0.1, 0.15) is 44.9 Å². The van der Waals surface area contributed by atoms with E-state index in [4.69, 9.17) is 0 Å². The first kappa shape index (κ1) is 14.4. The van der Waals surface area contributed by atoms with Crippen molar-refractivity contribution in [1.29, 1.82) is 0 Å². The number of nitro groups is 1. The summed E-state index contributed by atoms with van der Waals surface area (Å²) < 4.78 is 0. The lowest BCUT2D eigenvalue weighted by Gasteiger charge is -2.50. The maximum Gasteiger partial charge on any atom is 0.213 e. The average Bonchev–Trinajstić information content (AvgIpc) is 3.04. The number of hydrogen-bond acceptors (Lipinski definition) is 3. The Morgan fingerprint density at radius 2 is 1.95 bits per heavy atom. The summed E-state index contributed by atoms with van der Waals surface area (Å²) >= 11 is 0. The number of piperidine rings is 1. The number of allylic oxidation sites excluding steroid dienone is 4.